The molecule has 3 fully saturated rings. The van der Waals surface area contributed by atoms with Crippen LogP contribution in [0.25, 0.3) is 0 Å². The number of methoxy groups -OCH3 is 1. The largest absolute Gasteiger partial charge is 0.507 e. The number of likely N-dealkylation sites (N-methyl/N-ethyl adjacent to an activating group) is 1. The van der Waals surface area contributed by atoms with Crippen LogP contribution in [0.3, 0.4) is 0 Å². The number of aromatic hydroxyl groups is 2. The number of phenols is 2. The zero-order valence-electron chi connectivity index (χ0n) is 33.7. The minimum Gasteiger partial charge on any atom is -0.507 e. The molecule has 4 N–H and O–H groups in total. The Bertz CT molecular complexity index is 1940. The maximum atomic E-state index is 13.9. The molecule has 58 heavy (non-hydrogen) atoms. The molecular formula is C42H53NO15. The van der Waals surface area contributed by atoms with Gasteiger partial charge in [0.1, 0.15) is 35.7 Å². The Morgan fingerprint density at radius 3 is 2.21 bits per heavy atom. The molecule has 0 aromatic heterocycles. The zero-order valence-corrected chi connectivity index (χ0v) is 33.7. The number of nitrogens with zero attached hydrogens (tertiary/aromatic N) is 1. The average molecular weight is 812 g/mol. The van der Waals surface area contributed by atoms with Crippen molar-refractivity contribution >= 4 is 23.3 Å². The van der Waals surface area contributed by atoms with Gasteiger partial charge in [0.15, 0.2) is 30.4 Å². The third kappa shape index (κ3) is 7.47. The first kappa shape index (κ1) is 42.3. The molecule has 0 saturated carbocycles. The smallest absolute Gasteiger partial charge is 0.316 e. The Morgan fingerprint density at radius 2 is 1.57 bits per heavy atom. The maximum Gasteiger partial charge on any atom is 0.316 e. The molecule has 13 atom stereocenters. The minimum absolute atomic E-state index is 0.00573. The van der Waals surface area contributed by atoms with Gasteiger partial charge in [-0.05, 0) is 59.0 Å². The number of carbonyl (C=O) groups is 4. The Labute approximate surface area is 336 Å². The molecule has 2 aromatic rings. The highest BCUT2D eigenvalue weighted by Gasteiger charge is 2.53. The van der Waals surface area contributed by atoms with Gasteiger partial charge in [0.05, 0.1) is 48.3 Å². The second-order valence-corrected chi connectivity index (χ2v) is 16.3. The van der Waals surface area contributed by atoms with E-state index in [2.05, 4.69) is 0 Å². The van der Waals surface area contributed by atoms with Crippen LogP contribution in [0, 0.1) is 0 Å². The van der Waals surface area contributed by atoms with Crippen LogP contribution in [0.1, 0.15) is 121 Å². The monoisotopic (exact) mass is 811 g/mol. The Balaban J connectivity index is 1.13. The van der Waals surface area contributed by atoms with E-state index in [-0.39, 0.29) is 70.9 Å². The zero-order chi connectivity index (χ0) is 42.0. The fraction of sp³-hybridized carbons (Fsp3) is 0.619. The lowest BCUT2D eigenvalue weighted by Gasteiger charge is -2.48. The number of carbonyl (C=O) groups excluding carboxylic acids is 4. The van der Waals surface area contributed by atoms with E-state index in [4.69, 9.17) is 33.2 Å². The number of hydrogen-bond acceptors (Lipinski definition) is 16. The molecule has 0 bridgehead atoms. The third-order valence-electron chi connectivity index (χ3n) is 12.4. The number of ketones is 3. The molecule has 16 heteroatoms. The number of phenolic OH excluding ortho intramolecular Hbond substituents is 2. The molecule has 2 aliphatic carbocycles. The molecular weight excluding hydrogens is 758 g/mol. The molecule has 3 aliphatic heterocycles. The normalized spacial score (nSPS) is 36.3. The van der Waals surface area contributed by atoms with E-state index in [1.54, 1.807) is 27.7 Å². The van der Waals surface area contributed by atoms with Crippen molar-refractivity contribution in [3.05, 3.63) is 57.6 Å². The summed E-state index contributed by atoms with van der Waals surface area (Å²) >= 11 is 0. The molecule has 0 amide bonds. The molecule has 5 unspecified atom stereocenters. The lowest BCUT2D eigenvalue weighted by Crippen LogP contribution is -2.58. The lowest BCUT2D eigenvalue weighted by atomic mass is 9.67. The van der Waals surface area contributed by atoms with Crippen LogP contribution in [-0.4, -0.2) is 137 Å². The number of rotatable bonds is 9. The van der Waals surface area contributed by atoms with Gasteiger partial charge in [-0.2, -0.15) is 0 Å². The van der Waals surface area contributed by atoms with Crippen molar-refractivity contribution < 1.29 is 72.8 Å². The van der Waals surface area contributed by atoms with Crippen molar-refractivity contribution in [1.82, 2.24) is 4.90 Å². The fourth-order valence-corrected chi connectivity index (χ4v) is 9.27. The van der Waals surface area contributed by atoms with Gasteiger partial charge in [-0.15, -0.1) is 0 Å². The molecule has 3 heterocycles. The topological polar surface area (TPSA) is 217 Å². The Morgan fingerprint density at radius 1 is 0.897 bits per heavy atom. The van der Waals surface area contributed by atoms with Crippen LogP contribution in [0.15, 0.2) is 24.3 Å². The summed E-state index contributed by atoms with van der Waals surface area (Å²) in [6.07, 6.45) is -6.64. The summed E-state index contributed by atoms with van der Waals surface area (Å²) in [5, 5.41) is 45.9. The highest BCUT2D eigenvalue weighted by molar-refractivity contribution is 6.30. The first-order valence-electron chi connectivity index (χ1n) is 19.9. The molecule has 16 nitrogen and oxygen atoms in total. The second kappa shape index (κ2) is 16.3. The van der Waals surface area contributed by atoms with Gasteiger partial charge in [-0.25, -0.2) is 0 Å². The number of aliphatic hydroxyl groups excluding tert-OH is 1. The van der Waals surface area contributed by atoms with Crippen molar-refractivity contribution in [1.29, 1.82) is 0 Å². The van der Waals surface area contributed by atoms with Crippen molar-refractivity contribution in [3.8, 4) is 11.5 Å². The predicted octanol–water partition coefficient (Wildman–Crippen LogP) is 3.16. The summed E-state index contributed by atoms with van der Waals surface area (Å²) in [5.41, 5.74) is -2.49. The van der Waals surface area contributed by atoms with Gasteiger partial charge in [0.2, 0.25) is 5.78 Å². The highest BCUT2D eigenvalue weighted by atomic mass is 16.7. The van der Waals surface area contributed by atoms with Crippen molar-refractivity contribution in [2.24, 2.45) is 0 Å². The third-order valence-corrected chi connectivity index (χ3v) is 12.4. The van der Waals surface area contributed by atoms with E-state index in [1.165, 1.54) is 31.4 Å². The molecule has 3 saturated heterocycles. The maximum absolute atomic E-state index is 13.9. The standard InChI is InChI=1S/C42H53NO15/c1-8-42(51)17-28(33-22(35(42)41(50)52-7)14-23-34(38(33)49)37(48)32-21(36(23)47)10-9-11-26(32)45)56-30-15-24(43(5)6)39(19(3)54-30)58-31-16-27(46)40(20(4)55-31)57-29-13-12-25(44)18(2)53-29/h9-11,14,18-20,24,27-31,35,39-40,45-46,49,51H,8,12-13,15-17H2,1-7H3/t18?,19?,20?,24?,27?,28-,29-,30-,31-,35-,39+,40+,42+/m0/s1. The first-order valence-corrected chi connectivity index (χ1v) is 19.9. The van der Waals surface area contributed by atoms with Gasteiger partial charge >= 0.3 is 5.97 Å². The van der Waals surface area contributed by atoms with Gasteiger partial charge in [-0.3, -0.25) is 19.2 Å². The van der Waals surface area contributed by atoms with Gasteiger partial charge in [0.25, 0.3) is 0 Å². The second-order valence-electron chi connectivity index (χ2n) is 16.3. The number of esters is 1. The van der Waals surface area contributed by atoms with Crippen LogP contribution in [0.4, 0.5) is 0 Å². The lowest BCUT2D eigenvalue weighted by molar-refractivity contribution is -0.324. The summed E-state index contributed by atoms with van der Waals surface area (Å²) in [4.78, 5) is 55.0. The van der Waals surface area contributed by atoms with Crippen LogP contribution in [0.2, 0.25) is 0 Å². The van der Waals surface area contributed by atoms with E-state index in [1.807, 2.05) is 19.0 Å². The number of aliphatic hydroxyl groups is 2. The first-order chi connectivity index (χ1) is 27.5. The van der Waals surface area contributed by atoms with Crippen LogP contribution in [0.5, 0.6) is 11.5 Å². The SMILES string of the molecule is CC[C@@]1(O)C[C@H](O[C@H]2CC(N(C)C)[C@H](O[C@H]3CC(O)[C@H](O[C@H]4CCC(=O)C(C)O4)C(C)O3)C(C)O2)c2c(cc3c(c2O)C(=O)c2c(O)cccc2C3=O)[C@H]1C(=O)OC. The highest BCUT2D eigenvalue weighted by Crippen LogP contribution is 2.54. The predicted molar refractivity (Wildman–Crippen MR) is 201 cm³/mol. The molecule has 7 rings (SSSR count). The van der Waals surface area contributed by atoms with Gasteiger partial charge in [-0.1, -0.05) is 19.1 Å². The van der Waals surface area contributed by atoms with E-state index >= 15 is 0 Å². The summed E-state index contributed by atoms with van der Waals surface area (Å²) in [5.74, 6) is -4.59. The van der Waals surface area contributed by atoms with E-state index in [0.29, 0.717) is 12.8 Å². The Kier molecular flexibility index (Phi) is 11.9. The van der Waals surface area contributed by atoms with E-state index in [0.717, 1.165) is 0 Å². The number of fused-ring (bicyclic) bond motifs is 3. The van der Waals surface area contributed by atoms with Crippen LogP contribution >= 0.6 is 0 Å². The van der Waals surface area contributed by atoms with Gasteiger partial charge < -0.3 is 58.5 Å². The molecule has 316 valence electrons. The van der Waals surface area contributed by atoms with Crippen molar-refractivity contribution in [2.45, 2.75) is 145 Å². The summed E-state index contributed by atoms with van der Waals surface area (Å²) in [6.45, 7) is 6.95. The minimum atomic E-state index is -1.76. The quantitative estimate of drug-likeness (QED) is 0.228. The fourth-order valence-electron chi connectivity index (χ4n) is 9.27. The summed E-state index contributed by atoms with van der Waals surface area (Å²) in [7, 11) is 4.91. The average Bonchev–Trinajstić information content (AvgIpc) is 3.17. The summed E-state index contributed by atoms with van der Waals surface area (Å²) < 4.78 is 42.6. The number of benzene rings is 2. The van der Waals surface area contributed by atoms with E-state index < -0.39 is 102 Å². The van der Waals surface area contributed by atoms with E-state index in [9.17, 15) is 39.6 Å². The molecule has 5 aliphatic rings. The van der Waals surface area contributed by atoms with Crippen LogP contribution in [-0.2, 0) is 42.7 Å². The van der Waals surface area contributed by atoms with Crippen LogP contribution < -0.4 is 0 Å². The molecule has 0 radical (unpaired) electrons. The van der Waals surface area contributed by atoms with Crippen molar-refractivity contribution in [2.75, 3.05) is 21.2 Å². The molecule has 2 aromatic carbocycles. The number of Topliss-reactive ketones (excluding diaryl/α,β-unsaturated/α-hetero) is 1. The number of ether oxygens (including phenoxy) is 7. The van der Waals surface area contributed by atoms with Crippen molar-refractivity contribution in [3.63, 3.8) is 0 Å². The summed E-state index contributed by atoms with van der Waals surface area (Å²) in [6, 6.07) is 5.11. The number of hydrogen-bond donors (Lipinski definition) is 4. The van der Waals surface area contributed by atoms with Gasteiger partial charge in [0, 0.05) is 54.8 Å². The molecule has 0 spiro atoms. The Hall–Kier alpha value is -3.84.